The number of aryl methyl sites for hydroxylation is 2. The highest BCUT2D eigenvalue weighted by molar-refractivity contribution is 7.11. The Kier molecular flexibility index (Phi) is 4.23. The van der Waals surface area contributed by atoms with Crippen LogP contribution in [0.25, 0.3) is 0 Å². The lowest BCUT2D eigenvalue weighted by Gasteiger charge is -2.11. The van der Waals surface area contributed by atoms with E-state index in [9.17, 15) is 4.79 Å². The number of carbonyl (C=O) groups excluding carboxylic acids is 1. The number of nitrogens with zero attached hydrogens (tertiary/aromatic N) is 1. The van der Waals surface area contributed by atoms with Gasteiger partial charge in [-0.15, -0.1) is 11.3 Å². The molecule has 0 radical (unpaired) electrons. The molecule has 3 N–H and O–H groups in total. The highest BCUT2D eigenvalue weighted by Crippen LogP contribution is 2.22. The minimum Gasteiger partial charge on any atom is -0.370 e. The first-order valence-corrected chi connectivity index (χ1v) is 5.78. The third-order valence-corrected chi connectivity index (χ3v) is 3.07. The molecule has 0 fully saturated rings. The lowest BCUT2D eigenvalue weighted by Crippen LogP contribution is -2.25. The van der Waals surface area contributed by atoms with Gasteiger partial charge in [-0.1, -0.05) is 0 Å². The molecule has 1 heterocycles. The van der Waals surface area contributed by atoms with Gasteiger partial charge in [-0.3, -0.25) is 4.79 Å². The van der Waals surface area contributed by atoms with Gasteiger partial charge in [-0.05, 0) is 20.8 Å². The molecule has 15 heavy (non-hydrogen) atoms. The van der Waals surface area contributed by atoms with Crippen molar-refractivity contribution in [2.45, 2.75) is 33.2 Å². The predicted octanol–water partition coefficient (Wildman–Crippen LogP) is 1.29. The number of carbonyl (C=O) groups is 1. The van der Waals surface area contributed by atoms with Crippen LogP contribution in [0.15, 0.2) is 0 Å². The normalized spacial score (nSPS) is 12.7. The molecule has 0 saturated carbocycles. The van der Waals surface area contributed by atoms with Gasteiger partial charge < -0.3 is 11.1 Å². The van der Waals surface area contributed by atoms with Crippen LogP contribution in [0.5, 0.6) is 0 Å². The topological polar surface area (TPSA) is 68.0 Å². The maximum atomic E-state index is 10.6. The molecule has 0 bridgehead atoms. The summed E-state index contributed by atoms with van der Waals surface area (Å²) in [6, 6.07) is 0.175. The van der Waals surface area contributed by atoms with Gasteiger partial charge in [0.1, 0.15) is 0 Å². The van der Waals surface area contributed by atoms with Gasteiger partial charge in [-0.2, -0.15) is 0 Å². The zero-order valence-corrected chi connectivity index (χ0v) is 10.1. The van der Waals surface area contributed by atoms with Crippen LogP contribution >= 0.6 is 11.3 Å². The molecule has 5 heteroatoms. The van der Waals surface area contributed by atoms with E-state index in [0.717, 1.165) is 10.7 Å². The first-order valence-electron chi connectivity index (χ1n) is 4.96. The smallest absolute Gasteiger partial charge is 0.218 e. The van der Waals surface area contributed by atoms with Crippen LogP contribution in [0.3, 0.4) is 0 Å². The Bertz CT molecular complexity index is 348. The van der Waals surface area contributed by atoms with E-state index in [0.29, 0.717) is 13.0 Å². The van der Waals surface area contributed by atoms with Gasteiger partial charge >= 0.3 is 0 Å². The van der Waals surface area contributed by atoms with Crippen LogP contribution in [0.2, 0.25) is 0 Å². The highest BCUT2D eigenvalue weighted by Gasteiger charge is 2.12. The molecular formula is C10H17N3OS. The SMILES string of the molecule is Cc1nc(C(C)NCCC(N)=O)c(C)s1. The molecule has 1 unspecified atom stereocenters. The summed E-state index contributed by atoms with van der Waals surface area (Å²) in [6.45, 7) is 6.71. The Balaban J connectivity index is 2.50. The molecule has 0 aliphatic rings. The molecule has 0 aliphatic carbocycles. The van der Waals surface area contributed by atoms with Gasteiger partial charge in [0.25, 0.3) is 0 Å². The van der Waals surface area contributed by atoms with E-state index in [-0.39, 0.29) is 11.9 Å². The molecule has 1 atom stereocenters. The predicted molar refractivity (Wildman–Crippen MR) is 61.8 cm³/mol. The summed E-state index contributed by atoms with van der Waals surface area (Å²) in [5.74, 6) is -0.277. The fourth-order valence-corrected chi connectivity index (χ4v) is 2.37. The van der Waals surface area contributed by atoms with E-state index >= 15 is 0 Å². The number of hydrogen-bond donors (Lipinski definition) is 2. The van der Waals surface area contributed by atoms with Crippen molar-refractivity contribution in [3.8, 4) is 0 Å². The van der Waals surface area contributed by atoms with E-state index < -0.39 is 0 Å². The fraction of sp³-hybridized carbons (Fsp3) is 0.600. The Morgan fingerprint density at radius 3 is 2.73 bits per heavy atom. The van der Waals surface area contributed by atoms with Crippen molar-refractivity contribution in [1.29, 1.82) is 0 Å². The summed E-state index contributed by atoms with van der Waals surface area (Å²) >= 11 is 1.69. The van der Waals surface area contributed by atoms with Crippen LogP contribution < -0.4 is 11.1 Å². The van der Waals surface area contributed by atoms with Gasteiger partial charge in [-0.25, -0.2) is 4.98 Å². The van der Waals surface area contributed by atoms with Crippen molar-refractivity contribution in [2.24, 2.45) is 5.73 Å². The summed E-state index contributed by atoms with van der Waals surface area (Å²) in [6.07, 6.45) is 0.368. The number of thiazole rings is 1. The van der Waals surface area contributed by atoms with Crippen molar-refractivity contribution >= 4 is 17.2 Å². The molecule has 1 aromatic rings. The average Bonchev–Trinajstić information content (AvgIpc) is 2.44. The molecule has 4 nitrogen and oxygen atoms in total. The summed E-state index contributed by atoms with van der Waals surface area (Å²) in [7, 11) is 0. The lowest BCUT2D eigenvalue weighted by atomic mass is 10.2. The minimum absolute atomic E-state index is 0.175. The molecule has 1 aromatic heterocycles. The van der Waals surface area contributed by atoms with E-state index in [2.05, 4.69) is 17.2 Å². The van der Waals surface area contributed by atoms with Crippen LogP contribution in [0.1, 0.15) is 35.0 Å². The minimum atomic E-state index is -0.277. The second kappa shape index (κ2) is 5.23. The van der Waals surface area contributed by atoms with Gasteiger partial charge in [0.15, 0.2) is 0 Å². The lowest BCUT2D eigenvalue weighted by molar-refractivity contribution is -0.117. The Labute approximate surface area is 93.9 Å². The number of amides is 1. The van der Waals surface area contributed by atoms with Gasteiger partial charge in [0.2, 0.25) is 5.91 Å². The monoisotopic (exact) mass is 227 g/mol. The standard InChI is InChI=1S/C10H17N3OS/c1-6(12-5-4-9(11)14)10-7(2)15-8(3)13-10/h6,12H,4-5H2,1-3H3,(H2,11,14). The van der Waals surface area contributed by atoms with Crippen LogP contribution in [0.4, 0.5) is 0 Å². The summed E-state index contributed by atoms with van der Waals surface area (Å²) in [5, 5.41) is 4.30. The number of primary amides is 1. The molecule has 0 aliphatic heterocycles. The molecule has 0 aromatic carbocycles. The van der Waals surface area contributed by atoms with Crippen molar-refractivity contribution in [2.75, 3.05) is 6.54 Å². The number of nitrogens with one attached hydrogen (secondary N) is 1. The number of hydrogen-bond acceptors (Lipinski definition) is 4. The maximum absolute atomic E-state index is 10.6. The summed E-state index contributed by atoms with van der Waals surface area (Å²) < 4.78 is 0. The Hall–Kier alpha value is -0.940. The fourth-order valence-electron chi connectivity index (χ4n) is 1.46. The van der Waals surface area contributed by atoms with Crippen LogP contribution in [-0.2, 0) is 4.79 Å². The quantitative estimate of drug-likeness (QED) is 0.796. The highest BCUT2D eigenvalue weighted by atomic mass is 32.1. The average molecular weight is 227 g/mol. The van der Waals surface area contributed by atoms with E-state index in [1.165, 1.54) is 4.88 Å². The van der Waals surface area contributed by atoms with E-state index in [4.69, 9.17) is 5.73 Å². The largest absolute Gasteiger partial charge is 0.370 e. The molecule has 84 valence electrons. The van der Waals surface area contributed by atoms with Crippen molar-refractivity contribution in [3.05, 3.63) is 15.6 Å². The van der Waals surface area contributed by atoms with Gasteiger partial charge in [0, 0.05) is 23.9 Å². The molecular weight excluding hydrogens is 210 g/mol. The Morgan fingerprint density at radius 2 is 2.27 bits per heavy atom. The van der Waals surface area contributed by atoms with E-state index in [1.54, 1.807) is 11.3 Å². The van der Waals surface area contributed by atoms with Crippen molar-refractivity contribution < 1.29 is 4.79 Å². The summed E-state index contributed by atoms with van der Waals surface area (Å²) in [4.78, 5) is 16.2. The van der Waals surface area contributed by atoms with Crippen LogP contribution in [0, 0.1) is 13.8 Å². The molecule has 1 amide bonds. The second-order valence-electron chi connectivity index (χ2n) is 3.57. The number of aromatic nitrogens is 1. The van der Waals surface area contributed by atoms with Gasteiger partial charge in [0.05, 0.1) is 10.7 Å². The first kappa shape index (κ1) is 12.1. The molecule has 0 saturated heterocycles. The molecule has 0 spiro atoms. The van der Waals surface area contributed by atoms with Crippen LogP contribution in [-0.4, -0.2) is 17.4 Å². The second-order valence-corrected chi connectivity index (χ2v) is 4.97. The zero-order valence-electron chi connectivity index (χ0n) is 9.33. The Morgan fingerprint density at radius 1 is 1.60 bits per heavy atom. The molecule has 1 rings (SSSR count). The summed E-state index contributed by atoms with van der Waals surface area (Å²) in [5.41, 5.74) is 6.13. The maximum Gasteiger partial charge on any atom is 0.218 e. The zero-order chi connectivity index (χ0) is 11.4. The third-order valence-electron chi connectivity index (χ3n) is 2.17. The number of rotatable bonds is 5. The first-order chi connectivity index (χ1) is 7.00. The van der Waals surface area contributed by atoms with E-state index in [1.807, 2.05) is 13.8 Å². The number of nitrogens with two attached hydrogens (primary N) is 1. The van der Waals surface area contributed by atoms with Crippen molar-refractivity contribution in [1.82, 2.24) is 10.3 Å². The third kappa shape index (κ3) is 3.60. The van der Waals surface area contributed by atoms with Crippen molar-refractivity contribution in [3.63, 3.8) is 0 Å².